The van der Waals surface area contributed by atoms with Crippen LogP contribution in [0.4, 0.5) is 0 Å². The van der Waals surface area contributed by atoms with Crippen molar-refractivity contribution in [2.24, 2.45) is 0 Å². The third-order valence-corrected chi connectivity index (χ3v) is 4.16. The molecule has 1 amide bonds. The van der Waals surface area contributed by atoms with Gasteiger partial charge in [0.1, 0.15) is 5.75 Å². The number of amides is 1. The number of nitrogens with one attached hydrogen (secondary N) is 1. The Hall–Kier alpha value is -1.11. The summed E-state index contributed by atoms with van der Waals surface area (Å²) < 4.78 is 11.1. The van der Waals surface area contributed by atoms with Crippen LogP contribution in [-0.2, 0) is 4.74 Å². The Morgan fingerprint density at radius 3 is 2.75 bits per heavy atom. The van der Waals surface area contributed by atoms with Gasteiger partial charge < -0.3 is 19.9 Å². The zero-order valence-electron chi connectivity index (χ0n) is 11.3. The molecule has 0 aromatic heterocycles. The van der Waals surface area contributed by atoms with E-state index in [-0.39, 0.29) is 12.5 Å². The minimum atomic E-state index is -0.582. The third kappa shape index (κ3) is 3.31. The lowest BCUT2D eigenvalue weighted by atomic mass is 9.90. The Morgan fingerprint density at radius 2 is 2.20 bits per heavy atom. The summed E-state index contributed by atoms with van der Waals surface area (Å²) in [6, 6.07) is 5.14. The van der Waals surface area contributed by atoms with Gasteiger partial charge in [0.2, 0.25) is 0 Å². The average molecular weight is 344 g/mol. The lowest BCUT2D eigenvalue weighted by molar-refractivity contribution is 0.0125. The Labute approximate surface area is 126 Å². The second-order valence-electron chi connectivity index (χ2n) is 4.85. The molecule has 0 bridgehead atoms. The molecular formula is C14H18BrNO4. The lowest BCUT2D eigenvalue weighted by Crippen LogP contribution is -2.54. The number of rotatable bonds is 4. The highest BCUT2D eigenvalue weighted by Gasteiger charge is 2.33. The maximum absolute atomic E-state index is 12.3. The van der Waals surface area contributed by atoms with Gasteiger partial charge in [-0.3, -0.25) is 4.79 Å². The normalized spacial score (nSPS) is 17.6. The predicted molar refractivity (Wildman–Crippen MR) is 78.0 cm³/mol. The van der Waals surface area contributed by atoms with Gasteiger partial charge in [-0.05, 0) is 47.0 Å². The molecule has 1 fully saturated rings. The number of carbonyl (C=O) groups is 1. The van der Waals surface area contributed by atoms with Crippen molar-refractivity contribution in [1.29, 1.82) is 0 Å². The second kappa shape index (κ2) is 6.56. The molecule has 1 aliphatic rings. The Bertz CT molecular complexity index is 486. The number of aliphatic hydroxyl groups excluding tert-OH is 1. The van der Waals surface area contributed by atoms with Gasteiger partial charge in [0.25, 0.3) is 5.91 Å². The van der Waals surface area contributed by atoms with Gasteiger partial charge in [-0.15, -0.1) is 0 Å². The zero-order valence-corrected chi connectivity index (χ0v) is 12.9. The number of halogens is 1. The third-order valence-electron chi connectivity index (χ3n) is 3.55. The van der Waals surface area contributed by atoms with E-state index in [1.807, 2.05) is 0 Å². The number of benzene rings is 1. The van der Waals surface area contributed by atoms with Crippen molar-refractivity contribution < 1.29 is 19.4 Å². The quantitative estimate of drug-likeness (QED) is 0.873. The zero-order chi connectivity index (χ0) is 14.6. The Kier molecular flexibility index (Phi) is 5.01. The van der Waals surface area contributed by atoms with E-state index in [1.54, 1.807) is 25.3 Å². The molecule has 1 heterocycles. The van der Waals surface area contributed by atoms with Crippen molar-refractivity contribution >= 4 is 21.8 Å². The fraction of sp³-hybridized carbons (Fsp3) is 0.500. The largest absolute Gasteiger partial charge is 0.496 e. The maximum atomic E-state index is 12.3. The molecule has 0 unspecified atom stereocenters. The van der Waals surface area contributed by atoms with Gasteiger partial charge in [-0.2, -0.15) is 0 Å². The summed E-state index contributed by atoms with van der Waals surface area (Å²) in [6.45, 7) is 1.01. The molecular weight excluding hydrogens is 326 g/mol. The molecule has 0 radical (unpaired) electrons. The molecule has 0 spiro atoms. The van der Waals surface area contributed by atoms with Crippen LogP contribution in [0.1, 0.15) is 23.2 Å². The molecule has 2 rings (SSSR count). The standard InChI is InChI=1S/C14H18BrNO4/c1-19-12-3-2-10(8-11(12)15)13(18)16-14(9-17)4-6-20-7-5-14/h2-3,8,17H,4-7,9H2,1H3,(H,16,18). The van der Waals surface area contributed by atoms with Crippen LogP contribution >= 0.6 is 15.9 Å². The Balaban J connectivity index is 2.12. The van der Waals surface area contributed by atoms with E-state index in [1.165, 1.54) is 0 Å². The molecule has 1 aromatic carbocycles. The minimum Gasteiger partial charge on any atom is -0.496 e. The van der Waals surface area contributed by atoms with Gasteiger partial charge >= 0.3 is 0 Å². The number of ether oxygens (including phenoxy) is 2. The van der Waals surface area contributed by atoms with Crippen molar-refractivity contribution in [2.75, 3.05) is 26.9 Å². The lowest BCUT2D eigenvalue weighted by Gasteiger charge is -2.36. The summed E-state index contributed by atoms with van der Waals surface area (Å²) in [4.78, 5) is 12.3. The number of aliphatic hydroxyl groups is 1. The van der Waals surface area contributed by atoms with Crippen molar-refractivity contribution in [3.8, 4) is 5.75 Å². The van der Waals surface area contributed by atoms with Gasteiger partial charge in [-0.25, -0.2) is 0 Å². The van der Waals surface area contributed by atoms with Crippen molar-refractivity contribution in [1.82, 2.24) is 5.32 Å². The molecule has 110 valence electrons. The first kappa shape index (κ1) is 15.3. The van der Waals surface area contributed by atoms with Crippen molar-refractivity contribution in [3.05, 3.63) is 28.2 Å². The van der Waals surface area contributed by atoms with Gasteiger partial charge in [0.15, 0.2) is 0 Å². The van der Waals surface area contributed by atoms with Crippen LogP contribution in [0.25, 0.3) is 0 Å². The van der Waals surface area contributed by atoms with Crippen molar-refractivity contribution in [2.45, 2.75) is 18.4 Å². The van der Waals surface area contributed by atoms with E-state index in [2.05, 4.69) is 21.2 Å². The molecule has 5 nitrogen and oxygen atoms in total. The molecule has 6 heteroatoms. The van der Waals surface area contributed by atoms with E-state index >= 15 is 0 Å². The molecule has 1 saturated heterocycles. The number of hydrogen-bond donors (Lipinski definition) is 2. The summed E-state index contributed by atoms with van der Waals surface area (Å²) in [6.07, 6.45) is 1.24. The minimum absolute atomic E-state index is 0.0839. The molecule has 20 heavy (non-hydrogen) atoms. The fourth-order valence-corrected chi connectivity index (χ4v) is 2.75. The van der Waals surface area contributed by atoms with E-state index in [0.29, 0.717) is 37.4 Å². The van der Waals surface area contributed by atoms with Gasteiger partial charge in [-0.1, -0.05) is 0 Å². The Morgan fingerprint density at radius 1 is 1.50 bits per heavy atom. The SMILES string of the molecule is COc1ccc(C(=O)NC2(CO)CCOCC2)cc1Br. The van der Waals surface area contributed by atoms with Gasteiger partial charge in [0.05, 0.1) is 23.7 Å². The number of hydrogen-bond acceptors (Lipinski definition) is 4. The molecule has 1 aromatic rings. The first-order valence-electron chi connectivity index (χ1n) is 6.45. The van der Waals surface area contributed by atoms with Crippen LogP contribution in [0.3, 0.4) is 0 Å². The summed E-state index contributed by atoms with van der Waals surface area (Å²) in [5.74, 6) is 0.466. The first-order chi connectivity index (χ1) is 9.60. The highest BCUT2D eigenvalue weighted by molar-refractivity contribution is 9.10. The molecule has 0 saturated carbocycles. The van der Waals surface area contributed by atoms with Crippen LogP contribution in [0.5, 0.6) is 5.75 Å². The molecule has 1 aliphatic heterocycles. The van der Waals surface area contributed by atoms with Crippen LogP contribution in [0, 0.1) is 0 Å². The molecule has 0 aliphatic carbocycles. The van der Waals surface area contributed by atoms with E-state index in [4.69, 9.17) is 9.47 Å². The summed E-state index contributed by atoms with van der Waals surface area (Å²) in [5, 5.41) is 12.5. The summed E-state index contributed by atoms with van der Waals surface area (Å²) in [5.41, 5.74) is -0.0566. The summed E-state index contributed by atoms with van der Waals surface area (Å²) in [7, 11) is 1.57. The highest BCUT2D eigenvalue weighted by atomic mass is 79.9. The highest BCUT2D eigenvalue weighted by Crippen LogP contribution is 2.26. The van der Waals surface area contributed by atoms with E-state index in [0.717, 1.165) is 4.47 Å². The van der Waals surface area contributed by atoms with E-state index < -0.39 is 5.54 Å². The topological polar surface area (TPSA) is 67.8 Å². The van der Waals surface area contributed by atoms with Gasteiger partial charge in [0, 0.05) is 18.8 Å². The average Bonchev–Trinajstić information content (AvgIpc) is 2.48. The second-order valence-corrected chi connectivity index (χ2v) is 5.71. The van der Waals surface area contributed by atoms with Crippen molar-refractivity contribution in [3.63, 3.8) is 0 Å². The fourth-order valence-electron chi connectivity index (χ4n) is 2.21. The number of methoxy groups -OCH3 is 1. The molecule has 2 N–H and O–H groups in total. The molecule has 0 atom stereocenters. The van der Waals surface area contributed by atoms with Crippen LogP contribution in [0.15, 0.2) is 22.7 Å². The summed E-state index contributed by atoms with van der Waals surface area (Å²) >= 11 is 3.36. The monoisotopic (exact) mass is 343 g/mol. The van der Waals surface area contributed by atoms with Crippen LogP contribution < -0.4 is 10.1 Å². The van der Waals surface area contributed by atoms with Crippen LogP contribution in [-0.4, -0.2) is 43.5 Å². The first-order valence-corrected chi connectivity index (χ1v) is 7.24. The number of carbonyl (C=O) groups excluding carboxylic acids is 1. The predicted octanol–water partition coefficient (Wildman–Crippen LogP) is 1.73. The smallest absolute Gasteiger partial charge is 0.251 e. The van der Waals surface area contributed by atoms with E-state index in [9.17, 15) is 9.90 Å². The van der Waals surface area contributed by atoms with Crippen LogP contribution in [0.2, 0.25) is 0 Å². The maximum Gasteiger partial charge on any atom is 0.251 e.